The fourth-order valence-corrected chi connectivity index (χ4v) is 15.7. The summed E-state index contributed by atoms with van der Waals surface area (Å²) in [5, 5.41) is 7.05. The highest BCUT2D eigenvalue weighted by Crippen LogP contribution is 2.61. The van der Waals surface area contributed by atoms with E-state index in [2.05, 4.69) is 254 Å². The van der Waals surface area contributed by atoms with E-state index in [4.69, 9.17) is 8.83 Å². The molecule has 3 aliphatic rings. The van der Waals surface area contributed by atoms with Gasteiger partial charge in [0.05, 0.1) is 22.5 Å². The van der Waals surface area contributed by atoms with E-state index in [1.54, 1.807) is 0 Å². The van der Waals surface area contributed by atoms with E-state index in [1.165, 1.54) is 141 Å². The Morgan fingerprint density at radius 2 is 0.788 bits per heavy atom. The second kappa shape index (κ2) is 21.2. The molecule has 2 saturated carbocycles. The van der Waals surface area contributed by atoms with Gasteiger partial charge in [-0.2, -0.15) is 0 Å². The molecule has 0 bridgehead atoms. The molecule has 13 aromatic rings. The minimum absolute atomic E-state index is 0.498. The molecule has 4 heteroatoms. The third kappa shape index (κ3) is 8.30. The number of hydrogen-bond donors (Lipinski definition) is 0. The van der Waals surface area contributed by atoms with Gasteiger partial charge < -0.3 is 18.6 Å². The van der Waals surface area contributed by atoms with Crippen molar-refractivity contribution in [2.75, 3.05) is 9.80 Å². The summed E-state index contributed by atoms with van der Waals surface area (Å²) in [5.41, 5.74) is 22.2. The summed E-state index contributed by atoms with van der Waals surface area (Å²) in [6.45, 7) is 4.48. The molecule has 0 atom stereocenters. The first-order chi connectivity index (χ1) is 42.1. The van der Waals surface area contributed by atoms with Gasteiger partial charge in [0.2, 0.25) is 0 Å². The van der Waals surface area contributed by atoms with Crippen LogP contribution < -0.4 is 9.80 Å². The molecule has 2 aromatic heterocycles. The van der Waals surface area contributed by atoms with Crippen molar-refractivity contribution in [2.45, 2.75) is 108 Å². The van der Waals surface area contributed by atoms with E-state index in [-0.39, 0.29) is 0 Å². The summed E-state index contributed by atoms with van der Waals surface area (Å²) >= 11 is 0. The first kappa shape index (κ1) is 51.5. The molecule has 11 aromatic carbocycles. The van der Waals surface area contributed by atoms with Crippen LogP contribution in [-0.4, -0.2) is 0 Å². The zero-order valence-electron chi connectivity index (χ0n) is 48.8. The molecule has 4 nitrogen and oxygen atoms in total. The molecule has 0 N–H and O–H groups in total. The van der Waals surface area contributed by atoms with Crippen LogP contribution in [0.15, 0.2) is 239 Å². The molecule has 3 aliphatic carbocycles. The maximum Gasteiger partial charge on any atom is 0.159 e. The minimum atomic E-state index is -0.766. The summed E-state index contributed by atoms with van der Waals surface area (Å²) < 4.78 is 14.8. The summed E-state index contributed by atoms with van der Waals surface area (Å²) in [7, 11) is 0. The van der Waals surface area contributed by atoms with Crippen molar-refractivity contribution in [1.82, 2.24) is 0 Å². The number of anilines is 6. The van der Waals surface area contributed by atoms with Gasteiger partial charge in [0.15, 0.2) is 11.2 Å². The monoisotopic (exact) mass is 1100 g/mol. The van der Waals surface area contributed by atoms with E-state index < -0.39 is 5.41 Å². The zero-order valence-corrected chi connectivity index (χ0v) is 48.8. The second-order valence-corrected chi connectivity index (χ2v) is 24.4. The lowest BCUT2D eigenvalue weighted by molar-refractivity contribution is 0.442. The molecule has 2 fully saturated rings. The van der Waals surface area contributed by atoms with Gasteiger partial charge in [-0.1, -0.05) is 228 Å². The van der Waals surface area contributed by atoms with E-state index in [0.717, 1.165) is 80.1 Å². The van der Waals surface area contributed by atoms with Crippen LogP contribution in [0.4, 0.5) is 34.1 Å². The molecule has 0 spiro atoms. The lowest BCUT2D eigenvalue weighted by Crippen LogP contribution is -2.29. The SMILES string of the molecule is CCc1ccc(N(c2ccc3c(c2)C(c2ccccc2)(c2ccccc2)c2cc(N(c4ccc(CC)cc4)c4cccc5c4oc4c(C6CCCCC6)cccc45)c4ccccc4c2-3)c2cccc3c2oc2c(C4CCCCC4)cccc23)cc1. The maximum atomic E-state index is 7.42. The van der Waals surface area contributed by atoms with Crippen molar-refractivity contribution in [1.29, 1.82) is 0 Å². The van der Waals surface area contributed by atoms with E-state index in [9.17, 15) is 0 Å². The van der Waals surface area contributed by atoms with Crippen LogP contribution in [0, 0.1) is 0 Å². The van der Waals surface area contributed by atoms with Crippen LogP contribution in [-0.2, 0) is 18.3 Å². The third-order valence-corrected chi connectivity index (χ3v) is 19.9. The predicted octanol–water partition coefficient (Wildman–Crippen LogP) is 23.2. The van der Waals surface area contributed by atoms with E-state index in [1.807, 2.05) is 0 Å². The molecule has 2 heterocycles. The molecule has 416 valence electrons. The second-order valence-electron chi connectivity index (χ2n) is 24.4. The Kier molecular flexibility index (Phi) is 12.8. The van der Waals surface area contributed by atoms with Gasteiger partial charge in [-0.25, -0.2) is 0 Å². The van der Waals surface area contributed by atoms with Crippen molar-refractivity contribution in [3.63, 3.8) is 0 Å². The van der Waals surface area contributed by atoms with E-state index in [0.29, 0.717) is 11.8 Å². The van der Waals surface area contributed by atoms with Crippen LogP contribution in [0.2, 0.25) is 0 Å². The highest BCUT2D eigenvalue weighted by atomic mass is 16.3. The zero-order chi connectivity index (χ0) is 56.6. The Morgan fingerprint density at radius 3 is 1.31 bits per heavy atom. The highest BCUT2D eigenvalue weighted by molar-refractivity contribution is 6.16. The standard InChI is InChI=1S/C81H70N2O2/c1-3-53-41-45-59(46-42-53)82(73-39-21-37-68-66-35-19-33-62(77(66)84-79(68)73)55-23-9-5-10-24-55)61-49-50-70-71(51-61)81(57-27-13-7-14-28-57,58-29-15-8-16-30-58)72-52-75(64-31-17-18-32-65(64)76(70)72)83(60-47-43-54(4-2)44-48-60)74-40-22-38-69-67-36-20-34-63(78(67)85-80(69)74)56-25-11-6-12-26-56/h7-8,13-22,27-52,55-56H,3-6,9-12,23-26H2,1-2H3. The predicted molar refractivity (Wildman–Crippen MR) is 356 cm³/mol. The number of benzene rings is 11. The summed E-state index contributed by atoms with van der Waals surface area (Å²) in [4.78, 5) is 4.98. The Morgan fingerprint density at radius 1 is 0.353 bits per heavy atom. The average molecular weight is 1100 g/mol. The Bertz CT molecular complexity index is 4600. The molecule has 0 saturated heterocycles. The van der Waals surface area contributed by atoms with Gasteiger partial charge in [0, 0.05) is 44.0 Å². The number of aryl methyl sites for hydroxylation is 2. The minimum Gasteiger partial charge on any atom is -0.454 e. The van der Waals surface area contributed by atoms with Gasteiger partial charge >= 0.3 is 0 Å². The van der Waals surface area contributed by atoms with Crippen LogP contribution >= 0.6 is 0 Å². The van der Waals surface area contributed by atoms with Crippen molar-refractivity contribution in [2.24, 2.45) is 0 Å². The fourth-order valence-electron chi connectivity index (χ4n) is 15.7. The molecular weight excluding hydrogens is 1030 g/mol. The largest absolute Gasteiger partial charge is 0.454 e. The van der Waals surface area contributed by atoms with Gasteiger partial charge in [-0.3, -0.25) is 0 Å². The number of nitrogens with zero attached hydrogens (tertiary/aromatic N) is 2. The average Bonchev–Trinajstić information content (AvgIpc) is 1.58. The van der Waals surface area contributed by atoms with Crippen molar-refractivity contribution in [3.8, 4) is 11.1 Å². The molecule has 0 aliphatic heterocycles. The molecule has 0 amide bonds. The third-order valence-electron chi connectivity index (χ3n) is 19.9. The summed E-state index contributed by atoms with van der Waals surface area (Å²) in [6.07, 6.45) is 14.4. The number of furan rings is 2. The summed E-state index contributed by atoms with van der Waals surface area (Å²) in [5.74, 6) is 1.00. The molecular formula is C81H70N2O2. The van der Waals surface area contributed by atoms with Crippen LogP contribution in [0.5, 0.6) is 0 Å². The lowest BCUT2D eigenvalue weighted by atomic mass is 9.67. The molecule has 0 unspecified atom stereocenters. The lowest BCUT2D eigenvalue weighted by Gasteiger charge is -2.36. The Labute approximate surface area is 499 Å². The number of hydrogen-bond acceptors (Lipinski definition) is 4. The maximum absolute atomic E-state index is 7.42. The van der Waals surface area contributed by atoms with E-state index >= 15 is 0 Å². The topological polar surface area (TPSA) is 32.8 Å². The van der Waals surface area contributed by atoms with Crippen LogP contribution in [0.3, 0.4) is 0 Å². The Balaban J connectivity index is 0.965. The van der Waals surface area contributed by atoms with Crippen molar-refractivity contribution >= 4 is 88.8 Å². The van der Waals surface area contributed by atoms with Crippen molar-refractivity contribution < 1.29 is 8.83 Å². The summed E-state index contributed by atoms with van der Waals surface area (Å²) in [6, 6.07) is 87.3. The Hall–Kier alpha value is -9.12. The first-order valence-corrected chi connectivity index (χ1v) is 31.6. The van der Waals surface area contributed by atoms with Gasteiger partial charge in [0.1, 0.15) is 11.2 Å². The normalized spacial score (nSPS) is 15.3. The van der Waals surface area contributed by atoms with Gasteiger partial charge in [-0.15, -0.1) is 0 Å². The van der Waals surface area contributed by atoms with Crippen molar-refractivity contribution in [3.05, 3.63) is 275 Å². The molecule has 85 heavy (non-hydrogen) atoms. The quantitative estimate of drug-likeness (QED) is 0.122. The fraction of sp³-hybridized carbons (Fsp3) is 0.210. The smallest absolute Gasteiger partial charge is 0.159 e. The first-order valence-electron chi connectivity index (χ1n) is 31.6. The van der Waals surface area contributed by atoms with Crippen LogP contribution in [0.25, 0.3) is 65.8 Å². The highest BCUT2D eigenvalue weighted by Gasteiger charge is 2.48. The number of para-hydroxylation sites is 4. The molecule has 16 rings (SSSR count). The number of rotatable bonds is 12. The molecule has 0 radical (unpaired) electrons. The van der Waals surface area contributed by atoms with Crippen LogP contribution in [0.1, 0.15) is 134 Å². The number of fused-ring (bicyclic) bond motifs is 11. The van der Waals surface area contributed by atoms with Gasteiger partial charge in [0.25, 0.3) is 0 Å². The van der Waals surface area contributed by atoms with Gasteiger partial charge in [-0.05, 0) is 166 Å².